The van der Waals surface area contributed by atoms with Gasteiger partial charge in [-0.3, -0.25) is 4.57 Å². The highest BCUT2D eigenvalue weighted by Crippen LogP contribution is 2.39. The van der Waals surface area contributed by atoms with Crippen LogP contribution in [0.2, 0.25) is 0 Å². The normalized spacial score (nSPS) is 11.6. The van der Waals surface area contributed by atoms with Gasteiger partial charge in [0.25, 0.3) is 0 Å². The van der Waals surface area contributed by atoms with Crippen molar-refractivity contribution in [3.8, 4) is 17.1 Å². The van der Waals surface area contributed by atoms with Crippen molar-refractivity contribution in [2.24, 2.45) is 0 Å². The highest BCUT2D eigenvalue weighted by Gasteiger charge is 2.21. The number of benzene rings is 6. The molecular weight excluding hydrogens is 443 g/mol. The van der Waals surface area contributed by atoms with Crippen LogP contribution < -0.4 is 5.46 Å². The Balaban J connectivity index is 1.67. The molecule has 36 heavy (non-hydrogen) atoms. The molecule has 0 aliphatic rings. The summed E-state index contributed by atoms with van der Waals surface area (Å²) >= 11 is 0. The largest absolute Gasteiger partial charge is 0.488 e. The van der Waals surface area contributed by atoms with Gasteiger partial charge in [-0.15, -0.1) is 0 Å². The Kier molecular flexibility index (Phi) is 4.67. The molecule has 6 aromatic carbocycles. The van der Waals surface area contributed by atoms with Crippen molar-refractivity contribution in [1.29, 1.82) is 0 Å². The summed E-state index contributed by atoms with van der Waals surface area (Å²) < 4.78 is 2.15. The summed E-state index contributed by atoms with van der Waals surface area (Å²) in [4.78, 5) is 5.26. The average Bonchev–Trinajstić information content (AvgIpc) is 3.34. The molecule has 2 N–H and O–H groups in total. The van der Waals surface area contributed by atoms with Gasteiger partial charge in [0.2, 0.25) is 0 Å². The number of aromatic nitrogens is 2. The average molecular weight is 464 g/mol. The van der Waals surface area contributed by atoms with Crippen molar-refractivity contribution in [2.45, 2.75) is 0 Å². The van der Waals surface area contributed by atoms with E-state index in [1.54, 1.807) is 6.07 Å². The Morgan fingerprint density at radius 1 is 0.583 bits per heavy atom. The third-order valence-corrected chi connectivity index (χ3v) is 6.97. The number of fused-ring (bicyclic) bond motifs is 7. The lowest BCUT2D eigenvalue weighted by Gasteiger charge is -2.14. The molecule has 4 nitrogen and oxygen atoms in total. The van der Waals surface area contributed by atoms with Gasteiger partial charge in [0.1, 0.15) is 5.82 Å². The molecule has 170 valence electrons. The number of hydrogen-bond donors (Lipinski definition) is 2. The van der Waals surface area contributed by atoms with E-state index in [0.717, 1.165) is 55.0 Å². The van der Waals surface area contributed by atoms with Gasteiger partial charge in [-0.2, -0.15) is 0 Å². The minimum absolute atomic E-state index is 0.434. The molecule has 0 saturated heterocycles. The van der Waals surface area contributed by atoms with Crippen LogP contribution in [0, 0.1) is 0 Å². The van der Waals surface area contributed by atoms with Gasteiger partial charge in [0, 0.05) is 22.0 Å². The first kappa shape index (κ1) is 20.9. The second-order valence-corrected chi connectivity index (χ2v) is 9.09. The van der Waals surface area contributed by atoms with Gasteiger partial charge in [0.15, 0.2) is 0 Å². The van der Waals surface area contributed by atoms with Crippen LogP contribution in [0.3, 0.4) is 0 Å². The smallest absolute Gasteiger partial charge is 0.423 e. The third-order valence-electron chi connectivity index (χ3n) is 6.97. The van der Waals surface area contributed by atoms with E-state index in [2.05, 4.69) is 77.4 Å². The molecule has 0 fully saturated rings. The van der Waals surface area contributed by atoms with Crippen LogP contribution in [0.1, 0.15) is 0 Å². The first-order chi connectivity index (χ1) is 17.7. The predicted molar refractivity (Wildman–Crippen MR) is 149 cm³/mol. The molecule has 1 aromatic heterocycles. The van der Waals surface area contributed by atoms with Crippen LogP contribution in [0.25, 0.3) is 60.4 Å². The first-order valence-electron chi connectivity index (χ1n) is 12.0. The maximum atomic E-state index is 9.91. The van der Waals surface area contributed by atoms with Gasteiger partial charge in [0.05, 0.1) is 11.0 Å². The minimum atomic E-state index is -1.55. The Morgan fingerprint density at radius 2 is 1.25 bits per heavy atom. The highest BCUT2D eigenvalue weighted by molar-refractivity contribution is 6.58. The van der Waals surface area contributed by atoms with Gasteiger partial charge >= 0.3 is 7.12 Å². The highest BCUT2D eigenvalue weighted by atomic mass is 16.4. The van der Waals surface area contributed by atoms with E-state index in [-0.39, 0.29) is 0 Å². The van der Waals surface area contributed by atoms with Crippen LogP contribution in [0.15, 0.2) is 115 Å². The zero-order valence-corrected chi connectivity index (χ0v) is 19.3. The topological polar surface area (TPSA) is 58.3 Å². The molecule has 1 heterocycles. The Labute approximate surface area is 207 Å². The Hall–Kier alpha value is -4.45. The van der Waals surface area contributed by atoms with Crippen molar-refractivity contribution in [2.75, 3.05) is 0 Å². The number of hydrogen-bond acceptors (Lipinski definition) is 3. The van der Waals surface area contributed by atoms with E-state index < -0.39 is 7.12 Å². The minimum Gasteiger partial charge on any atom is -0.423 e. The number of nitrogens with zero attached hydrogens (tertiary/aromatic N) is 2. The van der Waals surface area contributed by atoms with Gasteiger partial charge in [-0.05, 0) is 45.2 Å². The van der Waals surface area contributed by atoms with Crippen LogP contribution in [-0.2, 0) is 0 Å². The summed E-state index contributed by atoms with van der Waals surface area (Å²) in [7, 11) is -1.55. The predicted octanol–water partition coefficient (Wildman–Crippen LogP) is 5.83. The molecule has 0 radical (unpaired) electrons. The molecule has 0 aliphatic carbocycles. The van der Waals surface area contributed by atoms with E-state index >= 15 is 0 Å². The Morgan fingerprint density at radius 3 is 2.03 bits per heavy atom. The van der Waals surface area contributed by atoms with Crippen LogP contribution >= 0.6 is 0 Å². The molecule has 0 bridgehead atoms. The lowest BCUT2D eigenvalue weighted by Crippen LogP contribution is -2.29. The number of imidazole rings is 1. The summed E-state index contributed by atoms with van der Waals surface area (Å²) in [6.45, 7) is 0. The quantitative estimate of drug-likeness (QED) is 0.256. The second kappa shape index (κ2) is 8.06. The van der Waals surface area contributed by atoms with Crippen molar-refractivity contribution in [1.82, 2.24) is 9.55 Å². The lowest BCUT2D eigenvalue weighted by molar-refractivity contribution is 0.426. The van der Waals surface area contributed by atoms with Gasteiger partial charge in [-0.25, -0.2) is 4.98 Å². The maximum Gasteiger partial charge on any atom is 0.488 e. The fourth-order valence-electron chi connectivity index (χ4n) is 5.30. The monoisotopic (exact) mass is 464 g/mol. The fourth-order valence-corrected chi connectivity index (χ4v) is 5.30. The van der Waals surface area contributed by atoms with E-state index in [0.29, 0.717) is 5.46 Å². The molecule has 7 rings (SSSR count). The molecule has 0 unspecified atom stereocenters. The molecular formula is C31H21BN2O2. The summed E-state index contributed by atoms with van der Waals surface area (Å²) in [6, 6.07) is 38.9. The molecule has 0 saturated carbocycles. The van der Waals surface area contributed by atoms with Crippen LogP contribution in [0.4, 0.5) is 0 Å². The van der Waals surface area contributed by atoms with Gasteiger partial charge in [-0.1, -0.05) is 97.1 Å². The SMILES string of the molecule is OB(O)c1cccc(-n2c(-c3ccc4ccccc4c3)nc3c4ccccc4c4ccccc4c32)c1. The third kappa shape index (κ3) is 3.14. The summed E-state index contributed by atoms with van der Waals surface area (Å²) in [6.07, 6.45) is 0. The molecule has 0 atom stereocenters. The van der Waals surface area contributed by atoms with Gasteiger partial charge < -0.3 is 10.0 Å². The summed E-state index contributed by atoms with van der Waals surface area (Å²) in [5.41, 5.74) is 4.17. The standard InChI is InChI=1S/C31H21BN2O2/c35-32(36)23-10-7-11-24(19-23)34-30-28-15-6-4-13-26(28)25-12-3-5-14-27(25)29(30)33-31(34)22-17-16-20-8-1-2-9-21(20)18-22/h1-19,35-36H. The van der Waals surface area contributed by atoms with Crippen molar-refractivity contribution in [3.05, 3.63) is 115 Å². The van der Waals surface area contributed by atoms with Crippen molar-refractivity contribution >= 4 is 55.9 Å². The van der Waals surface area contributed by atoms with E-state index in [1.807, 2.05) is 36.4 Å². The van der Waals surface area contributed by atoms with E-state index in [1.165, 1.54) is 5.39 Å². The lowest BCUT2D eigenvalue weighted by atomic mass is 9.80. The fraction of sp³-hybridized carbons (Fsp3) is 0. The van der Waals surface area contributed by atoms with E-state index in [4.69, 9.17) is 4.98 Å². The summed E-state index contributed by atoms with van der Waals surface area (Å²) in [5.74, 6) is 0.807. The van der Waals surface area contributed by atoms with E-state index in [9.17, 15) is 10.0 Å². The molecule has 0 spiro atoms. The first-order valence-corrected chi connectivity index (χ1v) is 12.0. The van der Waals surface area contributed by atoms with Crippen molar-refractivity contribution < 1.29 is 10.0 Å². The maximum absolute atomic E-state index is 9.91. The molecule has 0 amide bonds. The van der Waals surface area contributed by atoms with Crippen molar-refractivity contribution in [3.63, 3.8) is 0 Å². The van der Waals surface area contributed by atoms with Crippen LogP contribution in [-0.4, -0.2) is 26.7 Å². The summed E-state index contributed by atoms with van der Waals surface area (Å²) in [5, 5.41) is 26.6. The molecule has 5 heteroatoms. The second-order valence-electron chi connectivity index (χ2n) is 9.09. The molecule has 0 aliphatic heterocycles. The number of rotatable bonds is 3. The zero-order chi connectivity index (χ0) is 24.2. The van der Waals surface area contributed by atoms with Crippen LogP contribution in [0.5, 0.6) is 0 Å². The zero-order valence-electron chi connectivity index (χ0n) is 19.3. The Bertz CT molecular complexity index is 1940. The molecule has 7 aromatic rings.